The minimum atomic E-state index is -0.127. The lowest BCUT2D eigenvalue weighted by molar-refractivity contribution is 0.418. The number of pyridine rings is 3. The van der Waals surface area contributed by atoms with Crippen molar-refractivity contribution in [1.29, 1.82) is 0 Å². The maximum Gasteiger partial charge on any atom is 0.255 e. The molecule has 0 spiro atoms. The Morgan fingerprint density at radius 1 is 0.938 bits per heavy atom. The van der Waals surface area contributed by atoms with Crippen LogP contribution in [0.15, 0.2) is 52.1 Å². The maximum absolute atomic E-state index is 11.7. The molecule has 0 fully saturated rings. The molecule has 1 N–H and O–H groups in total. The van der Waals surface area contributed by atoms with Gasteiger partial charge in [0, 0.05) is 58.4 Å². The molecule has 0 unspecified atom stereocenters. The zero-order chi connectivity index (χ0) is 23.6. The monoisotopic (exact) mass is 435 g/mol. The number of aryl methyl sites for hydroxylation is 2. The third-order valence-electron chi connectivity index (χ3n) is 5.26. The molecular formula is C24H29N5O3. The lowest BCUT2D eigenvalue weighted by atomic mass is 10.1. The van der Waals surface area contributed by atoms with E-state index < -0.39 is 0 Å². The van der Waals surface area contributed by atoms with Gasteiger partial charge in [-0.15, -0.1) is 0 Å². The molecule has 0 aliphatic carbocycles. The van der Waals surface area contributed by atoms with Crippen LogP contribution in [0.1, 0.15) is 5.56 Å². The molecule has 0 atom stereocenters. The zero-order valence-electron chi connectivity index (χ0n) is 19.6. The SMILES string of the molecule is COc1cc(=O)n(C)c2nc(N(C)C)ccc12.Cc1cc(=O)[nH]c2cc(N(C)C)ccc12. The molecule has 3 aromatic heterocycles. The van der Waals surface area contributed by atoms with E-state index in [2.05, 4.69) is 9.97 Å². The van der Waals surface area contributed by atoms with Crippen molar-refractivity contribution in [3.8, 4) is 5.75 Å². The standard InChI is InChI=1S/C12H15N3O2.C12H14N2O/c1-14(2)10-6-5-8-9(17-4)7-11(16)15(3)12(8)13-10;1-8-6-12(15)13-11-7-9(14(2)3)4-5-10(8)11/h5-7H,1-4H3;4-7H,1-3H3,(H,13,15). The van der Waals surface area contributed by atoms with Crippen molar-refractivity contribution in [1.82, 2.24) is 14.5 Å². The first kappa shape index (κ1) is 22.9. The van der Waals surface area contributed by atoms with Crippen molar-refractivity contribution in [3.63, 3.8) is 0 Å². The summed E-state index contributed by atoms with van der Waals surface area (Å²) >= 11 is 0. The molecule has 4 aromatic rings. The van der Waals surface area contributed by atoms with E-state index >= 15 is 0 Å². The maximum atomic E-state index is 11.7. The minimum absolute atomic E-state index is 0.0455. The molecule has 8 nitrogen and oxygen atoms in total. The van der Waals surface area contributed by atoms with Gasteiger partial charge in [0.05, 0.1) is 18.0 Å². The highest BCUT2D eigenvalue weighted by atomic mass is 16.5. The number of hydrogen-bond acceptors (Lipinski definition) is 6. The highest BCUT2D eigenvalue weighted by Crippen LogP contribution is 2.24. The molecule has 0 saturated heterocycles. The Bertz CT molecular complexity index is 1390. The smallest absolute Gasteiger partial charge is 0.255 e. The molecule has 0 radical (unpaired) electrons. The number of anilines is 2. The van der Waals surface area contributed by atoms with E-state index in [1.165, 1.54) is 10.6 Å². The molecule has 32 heavy (non-hydrogen) atoms. The van der Waals surface area contributed by atoms with Gasteiger partial charge in [-0.2, -0.15) is 0 Å². The van der Waals surface area contributed by atoms with Gasteiger partial charge in [-0.3, -0.25) is 14.2 Å². The highest BCUT2D eigenvalue weighted by molar-refractivity contribution is 5.85. The van der Waals surface area contributed by atoms with Crippen molar-refractivity contribution in [3.05, 3.63) is 68.7 Å². The van der Waals surface area contributed by atoms with Gasteiger partial charge in [0.1, 0.15) is 17.2 Å². The average Bonchev–Trinajstić information content (AvgIpc) is 2.75. The molecule has 0 saturated carbocycles. The third-order valence-corrected chi connectivity index (χ3v) is 5.26. The fourth-order valence-corrected chi connectivity index (χ4v) is 3.40. The van der Waals surface area contributed by atoms with Crippen molar-refractivity contribution in [2.45, 2.75) is 6.92 Å². The quantitative estimate of drug-likeness (QED) is 0.533. The van der Waals surface area contributed by atoms with Crippen LogP contribution in [0.2, 0.25) is 0 Å². The number of aromatic amines is 1. The Balaban J connectivity index is 0.000000182. The second-order valence-electron chi connectivity index (χ2n) is 7.99. The molecule has 0 bridgehead atoms. The van der Waals surface area contributed by atoms with Gasteiger partial charge in [-0.05, 0) is 36.8 Å². The highest BCUT2D eigenvalue weighted by Gasteiger charge is 2.09. The van der Waals surface area contributed by atoms with E-state index in [0.717, 1.165) is 33.4 Å². The number of methoxy groups -OCH3 is 1. The Kier molecular flexibility index (Phi) is 6.53. The lowest BCUT2D eigenvalue weighted by Gasteiger charge is -2.14. The minimum Gasteiger partial charge on any atom is -0.496 e. The van der Waals surface area contributed by atoms with Crippen LogP contribution in [0.4, 0.5) is 11.5 Å². The van der Waals surface area contributed by atoms with Crippen molar-refractivity contribution >= 4 is 33.4 Å². The molecule has 1 aromatic carbocycles. The summed E-state index contributed by atoms with van der Waals surface area (Å²) in [6, 6.07) is 13.0. The first-order chi connectivity index (χ1) is 15.1. The third kappa shape index (κ3) is 4.59. The summed E-state index contributed by atoms with van der Waals surface area (Å²) in [6.45, 7) is 1.95. The van der Waals surface area contributed by atoms with Crippen LogP contribution in [-0.4, -0.2) is 49.8 Å². The topological polar surface area (TPSA) is 83.5 Å². The van der Waals surface area contributed by atoms with E-state index in [-0.39, 0.29) is 11.1 Å². The lowest BCUT2D eigenvalue weighted by Crippen LogP contribution is -2.18. The normalized spacial score (nSPS) is 10.6. The van der Waals surface area contributed by atoms with Crippen LogP contribution in [0.5, 0.6) is 5.75 Å². The molecule has 3 heterocycles. The summed E-state index contributed by atoms with van der Waals surface area (Å²) in [5.41, 5.74) is 3.45. The number of rotatable bonds is 3. The Morgan fingerprint density at radius 2 is 1.62 bits per heavy atom. The van der Waals surface area contributed by atoms with E-state index in [1.807, 2.05) is 75.2 Å². The molecule has 4 rings (SSSR count). The molecule has 0 amide bonds. The average molecular weight is 436 g/mol. The van der Waals surface area contributed by atoms with Gasteiger partial charge in [0.25, 0.3) is 5.56 Å². The van der Waals surface area contributed by atoms with Crippen LogP contribution in [0.25, 0.3) is 21.9 Å². The van der Waals surface area contributed by atoms with Crippen molar-refractivity contribution < 1.29 is 4.74 Å². The van der Waals surface area contributed by atoms with E-state index in [9.17, 15) is 9.59 Å². The van der Waals surface area contributed by atoms with Crippen LogP contribution in [0.3, 0.4) is 0 Å². The molecule has 0 aliphatic heterocycles. The largest absolute Gasteiger partial charge is 0.496 e. The van der Waals surface area contributed by atoms with Crippen LogP contribution < -0.4 is 25.7 Å². The summed E-state index contributed by atoms with van der Waals surface area (Å²) in [4.78, 5) is 34.2. The number of H-pyrrole nitrogens is 1. The fourth-order valence-electron chi connectivity index (χ4n) is 3.40. The summed E-state index contributed by atoms with van der Waals surface area (Å²) in [6.07, 6.45) is 0. The second kappa shape index (κ2) is 9.13. The van der Waals surface area contributed by atoms with E-state index in [0.29, 0.717) is 11.4 Å². The van der Waals surface area contributed by atoms with E-state index in [1.54, 1.807) is 20.2 Å². The van der Waals surface area contributed by atoms with Crippen molar-refractivity contribution in [2.24, 2.45) is 7.05 Å². The zero-order valence-corrected chi connectivity index (χ0v) is 19.6. The molecule has 168 valence electrons. The van der Waals surface area contributed by atoms with Crippen molar-refractivity contribution in [2.75, 3.05) is 45.1 Å². The predicted octanol–water partition coefficient (Wildman–Crippen LogP) is 2.91. The number of aromatic nitrogens is 3. The van der Waals surface area contributed by atoms with Gasteiger partial charge < -0.3 is 19.5 Å². The summed E-state index contributed by atoms with van der Waals surface area (Å²) in [5, 5.41) is 1.93. The van der Waals surface area contributed by atoms with Crippen LogP contribution >= 0.6 is 0 Å². The van der Waals surface area contributed by atoms with Gasteiger partial charge in [-0.1, -0.05) is 6.07 Å². The number of nitrogens with zero attached hydrogens (tertiary/aromatic N) is 4. The molecule has 0 aliphatic rings. The Morgan fingerprint density at radius 3 is 2.25 bits per heavy atom. The summed E-state index contributed by atoms with van der Waals surface area (Å²) < 4.78 is 6.72. The van der Waals surface area contributed by atoms with Gasteiger partial charge in [-0.25, -0.2) is 4.98 Å². The summed E-state index contributed by atoms with van der Waals surface area (Å²) in [5.74, 6) is 1.36. The number of nitrogens with one attached hydrogen (secondary N) is 1. The second-order valence-corrected chi connectivity index (χ2v) is 7.99. The van der Waals surface area contributed by atoms with Crippen LogP contribution in [-0.2, 0) is 7.05 Å². The summed E-state index contributed by atoms with van der Waals surface area (Å²) in [7, 11) is 11.0. The molecule has 8 heteroatoms. The number of hydrogen-bond donors (Lipinski definition) is 1. The Hall–Kier alpha value is -3.81. The predicted molar refractivity (Wildman–Crippen MR) is 131 cm³/mol. The number of ether oxygens (including phenoxy) is 1. The number of benzene rings is 1. The fraction of sp³-hybridized carbons (Fsp3) is 0.292. The molecular weight excluding hydrogens is 406 g/mol. The van der Waals surface area contributed by atoms with E-state index in [4.69, 9.17) is 4.74 Å². The van der Waals surface area contributed by atoms with Gasteiger partial charge >= 0.3 is 0 Å². The van der Waals surface area contributed by atoms with Gasteiger partial charge in [0.15, 0.2) is 0 Å². The first-order valence-electron chi connectivity index (χ1n) is 10.2. The van der Waals surface area contributed by atoms with Gasteiger partial charge in [0.2, 0.25) is 5.56 Å². The first-order valence-corrected chi connectivity index (χ1v) is 10.2. The van der Waals surface area contributed by atoms with Crippen LogP contribution in [0, 0.1) is 6.92 Å². The number of fused-ring (bicyclic) bond motifs is 2. The Labute approximate surface area is 186 Å².